The number of anilines is 2. The Kier molecular flexibility index (Phi) is 7.05. The third kappa shape index (κ3) is 5.97. The molecule has 5 rings (SSSR count). The lowest BCUT2D eigenvalue weighted by Gasteiger charge is -2.10. The van der Waals surface area contributed by atoms with Gasteiger partial charge >= 0.3 is 0 Å². The van der Waals surface area contributed by atoms with E-state index in [1.54, 1.807) is 16.0 Å². The van der Waals surface area contributed by atoms with Crippen LogP contribution >= 0.6 is 11.3 Å². The lowest BCUT2D eigenvalue weighted by molar-refractivity contribution is -0.116. The molecule has 0 aliphatic rings. The van der Waals surface area contributed by atoms with Crippen molar-refractivity contribution in [2.45, 2.75) is 19.4 Å². The molecule has 0 bridgehead atoms. The third-order valence-electron chi connectivity index (χ3n) is 5.62. The molecule has 0 radical (unpaired) electrons. The van der Waals surface area contributed by atoms with Gasteiger partial charge in [-0.25, -0.2) is 4.68 Å². The van der Waals surface area contributed by atoms with Crippen LogP contribution in [0.2, 0.25) is 0 Å². The lowest BCUT2D eigenvalue weighted by Crippen LogP contribution is -2.13. The second kappa shape index (κ2) is 10.9. The Morgan fingerprint density at radius 1 is 0.972 bits per heavy atom. The van der Waals surface area contributed by atoms with Crippen LogP contribution in [0.15, 0.2) is 95.8 Å². The van der Waals surface area contributed by atoms with Crippen LogP contribution in [0.25, 0.3) is 11.1 Å². The first-order valence-corrected chi connectivity index (χ1v) is 12.5. The van der Waals surface area contributed by atoms with E-state index in [1.807, 2.05) is 90.4 Å². The van der Waals surface area contributed by atoms with E-state index in [0.717, 1.165) is 33.9 Å². The number of aryl methyl sites for hydroxylation is 1. The molecule has 1 amide bonds. The molecule has 0 saturated carbocycles. The van der Waals surface area contributed by atoms with Crippen LogP contribution in [0.1, 0.15) is 17.7 Å². The SMILES string of the molecule is Nc1ccc(-c2ccsc2)cc1NC(=O)CCc1cn(Cc2ccc(Oc3ccccc3)cc2)nn1. The molecular weight excluding hydrogens is 470 g/mol. The summed E-state index contributed by atoms with van der Waals surface area (Å²) in [5.74, 6) is 1.46. The molecule has 0 saturated heterocycles. The fourth-order valence-electron chi connectivity index (χ4n) is 3.73. The first-order chi connectivity index (χ1) is 17.6. The van der Waals surface area contributed by atoms with Crippen molar-refractivity contribution in [1.29, 1.82) is 0 Å². The summed E-state index contributed by atoms with van der Waals surface area (Å²) in [6, 6.07) is 25.3. The normalized spacial score (nSPS) is 10.8. The maximum Gasteiger partial charge on any atom is 0.224 e. The highest BCUT2D eigenvalue weighted by atomic mass is 32.1. The maximum absolute atomic E-state index is 12.6. The minimum atomic E-state index is -0.118. The molecule has 3 aromatic carbocycles. The fraction of sp³-hybridized carbons (Fsp3) is 0.107. The number of nitrogens with two attached hydrogens (primary N) is 1. The minimum absolute atomic E-state index is 0.118. The number of hydrogen-bond acceptors (Lipinski definition) is 6. The Bertz CT molecular complexity index is 1430. The summed E-state index contributed by atoms with van der Waals surface area (Å²) in [5.41, 5.74) is 11.2. The molecule has 0 aliphatic carbocycles. The number of rotatable bonds is 9. The number of nitrogens with zero attached hydrogens (tertiary/aromatic N) is 3. The molecule has 3 N–H and O–H groups in total. The second-order valence-corrected chi connectivity index (χ2v) is 9.11. The Hall–Kier alpha value is -4.43. The van der Waals surface area contributed by atoms with Crippen LogP contribution in [0.3, 0.4) is 0 Å². The van der Waals surface area contributed by atoms with Gasteiger partial charge < -0.3 is 15.8 Å². The number of benzene rings is 3. The van der Waals surface area contributed by atoms with E-state index >= 15 is 0 Å². The molecule has 5 aromatic rings. The van der Waals surface area contributed by atoms with Crippen LogP contribution in [0, 0.1) is 0 Å². The molecule has 7 nitrogen and oxygen atoms in total. The predicted octanol–water partition coefficient (Wildman–Crippen LogP) is 6.00. The number of hydrogen-bond donors (Lipinski definition) is 2. The molecule has 2 aromatic heterocycles. The molecule has 2 heterocycles. The number of para-hydroxylation sites is 1. The number of nitrogen functional groups attached to an aromatic ring is 1. The van der Waals surface area contributed by atoms with Crippen LogP contribution in [-0.2, 0) is 17.8 Å². The largest absolute Gasteiger partial charge is 0.457 e. The van der Waals surface area contributed by atoms with E-state index in [1.165, 1.54) is 0 Å². The highest BCUT2D eigenvalue weighted by molar-refractivity contribution is 7.08. The first-order valence-electron chi connectivity index (χ1n) is 11.6. The van der Waals surface area contributed by atoms with Crippen LogP contribution in [0.4, 0.5) is 11.4 Å². The number of aromatic nitrogens is 3. The monoisotopic (exact) mass is 495 g/mol. The van der Waals surface area contributed by atoms with Crippen molar-refractivity contribution in [2.75, 3.05) is 11.1 Å². The summed E-state index contributed by atoms with van der Waals surface area (Å²) in [6.45, 7) is 0.580. The van der Waals surface area contributed by atoms with Gasteiger partial charge in [-0.1, -0.05) is 41.6 Å². The van der Waals surface area contributed by atoms with Gasteiger partial charge in [0.25, 0.3) is 0 Å². The Labute approximate surface area is 213 Å². The van der Waals surface area contributed by atoms with Gasteiger partial charge in [0.1, 0.15) is 11.5 Å². The van der Waals surface area contributed by atoms with Crippen molar-refractivity contribution in [3.05, 3.63) is 107 Å². The van der Waals surface area contributed by atoms with Gasteiger partial charge in [0.15, 0.2) is 0 Å². The van der Waals surface area contributed by atoms with E-state index in [-0.39, 0.29) is 12.3 Å². The van der Waals surface area contributed by atoms with Gasteiger partial charge in [0.2, 0.25) is 5.91 Å². The van der Waals surface area contributed by atoms with Gasteiger partial charge in [-0.15, -0.1) is 5.10 Å². The summed E-state index contributed by atoms with van der Waals surface area (Å²) in [4.78, 5) is 12.6. The molecule has 180 valence electrons. The van der Waals surface area contributed by atoms with Gasteiger partial charge in [0.05, 0.1) is 23.6 Å². The fourth-order valence-corrected chi connectivity index (χ4v) is 4.40. The van der Waals surface area contributed by atoms with Crippen LogP contribution < -0.4 is 15.8 Å². The summed E-state index contributed by atoms with van der Waals surface area (Å²) < 4.78 is 7.60. The quantitative estimate of drug-likeness (QED) is 0.245. The van der Waals surface area contributed by atoms with E-state index < -0.39 is 0 Å². The zero-order chi connectivity index (χ0) is 24.7. The molecule has 0 atom stereocenters. The molecule has 0 spiro atoms. The molecule has 8 heteroatoms. The molecule has 36 heavy (non-hydrogen) atoms. The molecular formula is C28H25N5O2S. The van der Waals surface area contributed by atoms with Crippen molar-refractivity contribution < 1.29 is 9.53 Å². The smallest absolute Gasteiger partial charge is 0.224 e. The Balaban J connectivity index is 1.13. The standard InChI is InChI=1S/C28H25N5O2S/c29-26-12-8-21(22-14-15-36-19-22)16-27(26)30-28(34)13-9-23-18-33(32-31-23)17-20-6-10-25(11-7-20)35-24-4-2-1-3-5-24/h1-8,10-12,14-16,18-19H,9,13,17,29H2,(H,30,34). The number of ether oxygens (including phenoxy) is 1. The highest BCUT2D eigenvalue weighted by Gasteiger charge is 2.10. The van der Waals surface area contributed by atoms with Gasteiger partial charge in [0, 0.05) is 19.0 Å². The summed E-state index contributed by atoms with van der Waals surface area (Å²) in [6.07, 6.45) is 2.64. The zero-order valence-electron chi connectivity index (χ0n) is 19.5. The van der Waals surface area contributed by atoms with Crippen molar-refractivity contribution >= 4 is 28.6 Å². The number of thiophene rings is 1. The number of nitrogens with one attached hydrogen (secondary N) is 1. The Morgan fingerprint density at radius 3 is 2.56 bits per heavy atom. The third-order valence-corrected chi connectivity index (χ3v) is 6.31. The number of carbonyl (C=O) groups excluding carboxylic acids is 1. The summed E-state index contributed by atoms with van der Waals surface area (Å²) in [5, 5.41) is 15.4. The van der Waals surface area contributed by atoms with Gasteiger partial charge in [-0.05, 0) is 69.9 Å². The van der Waals surface area contributed by atoms with Crippen molar-refractivity contribution in [3.63, 3.8) is 0 Å². The second-order valence-electron chi connectivity index (χ2n) is 8.33. The molecule has 0 unspecified atom stereocenters. The van der Waals surface area contributed by atoms with E-state index in [2.05, 4.69) is 21.0 Å². The molecule has 0 fully saturated rings. The van der Waals surface area contributed by atoms with Crippen molar-refractivity contribution in [3.8, 4) is 22.6 Å². The van der Waals surface area contributed by atoms with E-state index in [0.29, 0.717) is 24.3 Å². The van der Waals surface area contributed by atoms with E-state index in [4.69, 9.17) is 10.5 Å². The van der Waals surface area contributed by atoms with E-state index in [9.17, 15) is 4.79 Å². The average molecular weight is 496 g/mol. The number of carbonyl (C=O) groups is 1. The first kappa shape index (κ1) is 23.3. The summed E-state index contributed by atoms with van der Waals surface area (Å²) in [7, 11) is 0. The van der Waals surface area contributed by atoms with Crippen LogP contribution in [0.5, 0.6) is 11.5 Å². The van der Waals surface area contributed by atoms with Crippen LogP contribution in [-0.4, -0.2) is 20.9 Å². The van der Waals surface area contributed by atoms with Gasteiger partial charge in [-0.2, -0.15) is 11.3 Å². The zero-order valence-corrected chi connectivity index (χ0v) is 20.3. The lowest BCUT2D eigenvalue weighted by atomic mass is 10.1. The minimum Gasteiger partial charge on any atom is -0.457 e. The average Bonchev–Trinajstić information content (AvgIpc) is 3.59. The Morgan fingerprint density at radius 2 is 1.78 bits per heavy atom. The predicted molar refractivity (Wildman–Crippen MR) is 143 cm³/mol. The maximum atomic E-state index is 12.6. The number of amides is 1. The molecule has 0 aliphatic heterocycles. The highest BCUT2D eigenvalue weighted by Crippen LogP contribution is 2.29. The summed E-state index contributed by atoms with van der Waals surface area (Å²) >= 11 is 1.63. The van der Waals surface area contributed by atoms with Crippen molar-refractivity contribution in [2.24, 2.45) is 0 Å². The van der Waals surface area contributed by atoms with Gasteiger partial charge in [-0.3, -0.25) is 4.79 Å². The van der Waals surface area contributed by atoms with Crippen molar-refractivity contribution in [1.82, 2.24) is 15.0 Å². The topological polar surface area (TPSA) is 95.1 Å².